The van der Waals surface area contributed by atoms with E-state index in [2.05, 4.69) is 34.6 Å². The van der Waals surface area contributed by atoms with Gasteiger partial charge in [-0.15, -0.1) is 0 Å². The molecule has 1 saturated heterocycles. The minimum atomic E-state index is 0.659. The summed E-state index contributed by atoms with van der Waals surface area (Å²) in [5.74, 6) is 0.659. The van der Waals surface area contributed by atoms with E-state index < -0.39 is 0 Å². The molecule has 0 radical (unpaired) electrons. The molecule has 1 atom stereocenters. The van der Waals surface area contributed by atoms with Crippen LogP contribution in [0.25, 0.3) is 10.9 Å². The summed E-state index contributed by atoms with van der Waals surface area (Å²) in [5, 5.41) is 11.9. The molecule has 78 valence electrons. The number of aryl methyl sites for hydroxylation is 1. The molecule has 1 unspecified atom stereocenters. The van der Waals surface area contributed by atoms with Gasteiger partial charge in [-0.2, -0.15) is 5.10 Å². The first-order valence-corrected chi connectivity index (χ1v) is 5.49. The second-order valence-electron chi connectivity index (χ2n) is 4.32. The van der Waals surface area contributed by atoms with Crippen molar-refractivity contribution < 1.29 is 0 Å². The molecule has 15 heavy (non-hydrogen) atoms. The molecule has 1 aromatic heterocycles. The largest absolute Gasteiger partial charge is 0.316 e. The smallest absolute Gasteiger partial charge is 0.0653 e. The number of nitrogens with one attached hydrogen (secondary N) is 2. The Morgan fingerprint density at radius 1 is 1.40 bits per heavy atom. The first kappa shape index (κ1) is 8.92. The highest BCUT2D eigenvalue weighted by atomic mass is 15.1. The predicted octanol–water partition coefficient (Wildman–Crippen LogP) is 1.95. The number of hydrogen-bond acceptors (Lipinski definition) is 2. The van der Waals surface area contributed by atoms with E-state index in [1.165, 1.54) is 22.9 Å². The number of H-pyrrole nitrogens is 1. The lowest BCUT2D eigenvalue weighted by atomic mass is 9.91. The number of aromatic amines is 1. The summed E-state index contributed by atoms with van der Waals surface area (Å²) in [6, 6.07) is 4.30. The van der Waals surface area contributed by atoms with Crippen LogP contribution in [0.5, 0.6) is 0 Å². The fraction of sp³-hybridized carbons (Fsp3) is 0.417. The topological polar surface area (TPSA) is 40.7 Å². The number of hydrogen-bond donors (Lipinski definition) is 2. The highest BCUT2D eigenvalue weighted by Crippen LogP contribution is 2.31. The quantitative estimate of drug-likeness (QED) is 0.740. The highest BCUT2D eigenvalue weighted by Gasteiger charge is 2.20. The van der Waals surface area contributed by atoms with Crippen LogP contribution in [0.3, 0.4) is 0 Å². The molecule has 0 bridgehead atoms. The van der Waals surface area contributed by atoms with Gasteiger partial charge >= 0.3 is 0 Å². The summed E-state index contributed by atoms with van der Waals surface area (Å²) < 4.78 is 0. The Labute approximate surface area is 88.9 Å². The zero-order valence-electron chi connectivity index (χ0n) is 8.88. The third kappa shape index (κ3) is 1.35. The van der Waals surface area contributed by atoms with Crippen LogP contribution in [-0.2, 0) is 0 Å². The molecule has 0 aliphatic carbocycles. The van der Waals surface area contributed by atoms with E-state index in [0.717, 1.165) is 18.6 Å². The maximum absolute atomic E-state index is 4.13. The van der Waals surface area contributed by atoms with Crippen molar-refractivity contribution in [2.75, 3.05) is 13.1 Å². The third-order valence-corrected chi connectivity index (χ3v) is 3.35. The van der Waals surface area contributed by atoms with Gasteiger partial charge < -0.3 is 5.32 Å². The Hall–Kier alpha value is -1.35. The van der Waals surface area contributed by atoms with Crippen molar-refractivity contribution in [3.8, 4) is 0 Å². The van der Waals surface area contributed by atoms with Gasteiger partial charge in [0.1, 0.15) is 0 Å². The van der Waals surface area contributed by atoms with Crippen LogP contribution in [0, 0.1) is 6.92 Å². The van der Waals surface area contributed by atoms with Gasteiger partial charge in [-0.1, -0.05) is 6.07 Å². The van der Waals surface area contributed by atoms with E-state index in [-0.39, 0.29) is 0 Å². The molecule has 2 aromatic rings. The van der Waals surface area contributed by atoms with Crippen molar-refractivity contribution in [3.05, 3.63) is 29.5 Å². The average molecular weight is 201 g/mol. The van der Waals surface area contributed by atoms with Gasteiger partial charge in [0, 0.05) is 11.9 Å². The van der Waals surface area contributed by atoms with Crippen LogP contribution in [0.2, 0.25) is 0 Å². The molecule has 1 aromatic carbocycles. The number of aromatic nitrogens is 2. The SMILES string of the molecule is Cc1ccc2[nH]ncc2c1C1CCNC1. The maximum Gasteiger partial charge on any atom is 0.0653 e. The van der Waals surface area contributed by atoms with Crippen LogP contribution < -0.4 is 5.32 Å². The molecule has 0 spiro atoms. The molecule has 2 heterocycles. The van der Waals surface area contributed by atoms with E-state index in [9.17, 15) is 0 Å². The molecule has 1 aliphatic rings. The molecule has 3 rings (SSSR count). The average Bonchev–Trinajstić information content (AvgIpc) is 2.85. The van der Waals surface area contributed by atoms with Gasteiger partial charge in [0.15, 0.2) is 0 Å². The van der Waals surface area contributed by atoms with Crippen molar-refractivity contribution in [1.29, 1.82) is 0 Å². The van der Waals surface area contributed by atoms with Crippen LogP contribution in [0.1, 0.15) is 23.5 Å². The number of benzene rings is 1. The van der Waals surface area contributed by atoms with Crippen molar-refractivity contribution in [1.82, 2.24) is 15.5 Å². The summed E-state index contributed by atoms with van der Waals surface area (Å²) in [7, 11) is 0. The van der Waals surface area contributed by atoms with Gasteiger partial charge in [0.2, 0.25) is 0 Å². The van der Waals surface area contributed by atoms with Gasteiger partial charge in [-0.3, -0.25) is 5.10 Å². The fourth-order valence-electron chi connectivity index (χ4n) is 2.59. The first-order chi connectivity index (χ1) is 7.36. The van der Waals surface area contributed by atoms with Gasteiger partial charge in [0.05, 0.1) is 11.7 Å². The fourth-order valence-corrected chi connectivity index (χ4v) is 2.59. The Balaban J connectivity index is 2.21. The van der Waals surface area contributed by atoms with Crippen LogP contribution in [0.15, 0.2) is 18.3 Å². The Morgan fingerprint density at radius 3 is 3.13 bits per heavy atom. The molecular weight excluding hydrogens is 186 g/mol. The second-order valence-corrected chi connectivity index (χ2v) is 4.32. The van der Waals surface area contributed by atoms with E-state index in [0.29, 0.717) is 5.92 Å². The normalized spacial score (nSPS) is 21.3. The number of nitrogens with zero attached hydrogens (tertiary/aromatic N) is 1. The Morgan fingerprint density at radius 2 is 2.33 bits per heavy atom. The minimum absolute atomic E-state index is 0.659. The first-order valence-electron chi connectivity index (χ1n) is 5.49. The molecular formula is C12H15N3. The van der Waals surface area contributed by atoms with Crippen LogP contribution in [-0.4, -0.2) is 23.3 Å². The molecule has 3 heteroatoms. The molecule has 0 amide bonds. The van der Waals surface area contributed by atoms with E-state index in [1.54, 1.807) is 0 Å². The van der Waals surface area contributed by atoms with Crippen molar-refractivity contribution >= 4 is 10.9 Å². The van der Waals surface area contributed by atoms with E-state index >= 15 is 0 Å². The monoisotopic (exact) mass is 201 g/mol. The van der Waals surface area contributed by atoms with Crippen molar-refractivity contribution in [2.24, 2.45) is 0 Å². The summed E-state index contributed by atoms with van der Waals surface area (Å²) in [6.07, 6.45) is 3.20. The molecule has 1 aliphatic heterocycles. The summed E-state index contributed by atoms with van der Waals surface area (Å²) in [4.78, 5) is 0. The van der Waals surface area contributed by atoms with Gasteiger partial charge in [-0.25, -0.2) is 0 Å². The zero-order chi connectivity index (χ0) is 10.3. The van der Waals surface area contributed by atoms with Crippen molar-refractivity contribution in [2.45, 2.75) is 19.3 Å². The van der Waals surface area contributed by atoms with E-state index in [4.69, 9.17) is 0 Å². The zero-order valence-corrected chi connectivity index (χ0v) is 8.88. The Bertz CT molecular complexity index is 481. The standard InChI is InChI=1S/C12H15N3/c1-8-2-3-11-10(7-14-15-11)12(8)9-4-5-13-6-9/h2-3,7,9,13H,4-6H2,1H3,(H,14,15). The lowest BCUT2D eigenvalue weighted by Crippen LogP contribution is -2.08. The van der Waals surface area contributed by atoms with Gasteiger partial charge in [0.25, 0.3) is 0 Å². The molecule has 2 N–H and O–H groups in total. The summed E-state index contributed by atoms with van der Waals surface area (Å²) in [5.41, 5.74) is 4.02. The molecule has 0 saturated carbocycles. The highest BCUT2D eigenvalue weighted by molar-refractivity contribution is 5.83. The van der Waals surface area contributed by atoms with Crippen LogP contribution >= 0.6 is 0 Å². The van der Waals surface area contributed by atoms with Crippen LogP contribution in [0.4, 0.5) is 0 Å². The molecule has 1 fully saturated rings. The number of fused-ring (bicyclic) bond motifs is 1. The predicted molar refractivity (Wildman–Crippen MR) is 61.1 cm³/mol. The summed E-state index contributed by atoms with van der Waals surface area (Å²) in [6.45, 7) is 4.43. The maximum atomic E-state index is 4.13. The minimum Gasteiger partial charge on any atom is -0.316 e. The van der Waals surface area contributed by atoms with E-state index in [1.807, 2.05) is 6.20 Å². The van der Waals surface area contributed by atoms with Gasteiger partial charge in [-0.05, 0) is 43.0 Å². The second kappa shape index (κ2) is 3.35. The summed E-state index contributed by atoms with van der Waals surface area (Å²) >= 11 is 0. The molecule has 3 nitrogen and oxygen atoms in total. The third-order valence-electron chi connectivity index (χ3n) is 3.35. The van der Waals surface area contributed by atoms with Crippen molar-refractivity contribution in [3.63, 3.8) is 0 Å². The lowest BCUT2D eigenvalue weighted by Gasteiger charge is -2.13. The number of rotatable bonds is 1. The lowest BCUT2D eigenvalue weighted by molar-refractivity contribution is 0.764. The Kier molecular flexibility index (Phi) is 1.99.